The first-order chi connectivity index (χ1) is 9.17. The van der Waals surface area contributed by atoms with Crippen LogP contribution < -0.4 is 10.2 Å². The molecular formula is C15H20N2O2. The molecule has 0 unspecified atom stereocenters. The molecule has 2 aliphatic rings. The van der Waals surface area contributed by atoms with Gasteiger partial charge in [-0.25, -0.2) is 0 Å². The van der Waals surface area contributed by atoms with Gasteiger partial charge in [-0.1, -0.05) is 0 Å². The van der Waals surface area contributed by atoms with Gasteiger partial charge in [0.2, 0.25) is 5.91 Å². The molecule has 0 spiro atoms. The minimum Gasteiger partial charge on any atom is -0.382 e. The molecule has 1 aromatic rings. The fourth-order valence-electron chi connectivity index (χ4n) is 2.93. The molecule has 0 aromatic heterocycles. The molecule has 4 heteroatoms. The van der Waals surface area contributed by atoms with E-state index in [4.69, 9.17) is 4.74 Å². The van der Waals surface area contributed by atoms with E-state index in [0.717, 1.165) is 37.2 Å². The zero-order valence-corrected chi connectivity index (χ0v) is 11.5. The summed E-state index contributed by atoms with van der Waals surface area (Å²) in [6.07, 6.45) is 3.52. The number of carbonyl (C=O) groups is 1. The smallest absolute Gasteiger partial charge is 0.223 e. The Morgan fingerprint density at radius 3 is 2.89 bits per heavy atom. The van der Waals surface area contributed by atoms with Gasteiger partial charge in [0, 0.05) is 38.0 Å². The Balaban J connectivity index is 1.68. The predicted octanol–water partition coefficient (Wildman–Crippen LogP) is 2.18. The standard InChI is InChI=1S/C15H20N2O2/c1-10(18)17-6-5-11-7-12(3-4-15(11)17)16-13-8-14(9-13)19-2/h3-4,7,13-14,16H,5-6,8-9H2,1-2H3. The van der Waals surface area contributed by atoms with Crippen molar-refractivity contribution in [2.24, 2.45) is 0 Å². The molecule has 1 N–H and O–H groups in total. The van der Waals surface area contributed by atoms with Crippen LogP contribution in [0.1, 0.15) is 25.3 Å². The van der Waals surface area contributed by atoms with E-state index in [2.05, 4.69) is 23.5 Å². The SMILES string of the molecule is COC1CC(Nc2ccc3c(c2)CCN3C(C)=O)C1. The van der Waals surface area contributed by atoms with Crippen LogP contribution in [0.3, 0.4) is 0 Å². The molecule has 1 fully saturated rings. The van der Waals surface area contributed by atoms with Crippen molar-refractivity contribution < 1.29 is 9.53 Å². The van der Waals surface area contributed by atoms with Gasteiger partial charge < -0.3 is 15.0 Å². The maximum Gasteiger partial charge on any atom is 0.223 e. The summed E-state index contributed by atoms with van der Waals surface area (Å²) in [7, 11) is 1.77. The number of fused-ring (bicyclic) bond motifs is 1. The molecule has 0 bridgehead atoms. The fourth-order valence-corrected chi connectivity index (χ4v) is 2.93. The third kappa shape index (κ3) is 2.32. The van der Waals surface area contributed by atoms with Gasteiger partial charge in [-0.15, -0.1) is 0 Å². The molecule has 1 aliphatic heterocycles. The molecule has 0 saturated heterocycles. The van der Waals surface area contributed by atoms with Crippen molar-refractivity contribution in [2.45, 2.75) is 38.3 Å². The van der Waals surface area contributed by atoms with E-state index in [1.54, 1.807) is 14.0 Å². The van der Waals surface area contributed by atoms with Crippen molar-refractivity contribution in [3.8, 4) is 0 Å². The quantitative estimate of drug-likeness (QED) is 0.905. The number of rotatable bonds is 3. The first kappa shape index (κ1) is 12.5. The molecule has 1 aliphatic carbocycles. The maximum atomic E-state index is 11.5. The van der Waals surface area contributed by atoms with Crippen LogP contribution in [0, 0.1) is 0 Å². The second kappa shape index (κ2) is 4.85. The van der Waals surface area contributed by atoms with Gasteiger partial charge in [0.1, 0.15) is 0 Å². The topological polar surface area (TPSA) is 41.6 Å². The number of anilines is 2. The summed E-state index contributed by atoms with van der Waals surface area (Å²) in [5.74, 6) is 0.126. The summed E-state index contributed by atoms with van der Waals surface area (Å²) in [6.45, 7) is 2.43. The van der Waals surface area contributed by atoms with E-state index in [-0.39, 0.29) is 5.91 Å². The monoisotopic (exact) mass is 260 g/mol. The number of amides is 1. The molecule has 1 aromatic carbocycles. The van der Waals surface area contributed by atoms with Gasteiger partial charge >= 0.3 is 0 Å². The average Bonchev–Trinajstić information content (AvgIpc) is 2.76. The van der Waals surface area contributed by atoms with Gasteiger partial charge in [0.05, 0.1) is 6.10 Å². The summed E-state index contributed by atoms with van der Waals surface area (Å²) >= 11 is 0. The van der Waals surface area contributed by atoms with Crippen LogP contribution in [0.5, 0.6) is 0 Å². The van der Waals surface area contributed by atoms with Crippen molar-refractivity contribution in [3.05, 3.63) is 23.8 Å². The Bertz CT molecular complexity index is 495. The van der Waals surface area contributed by atoms with E-state index in [0.29, 0.717) is 12.1 Å². The number of nitrogens with one attached hydrogen (secondary N) is 1. The van der Waals surface area contributed by atoms with Gasteiger partial charge in [-0.3, -0.25) is 4.79 Å². The molecular weight excluding hydrogens is 240 g/mol. The molecule has 1 amide bonds. The summed E-state index contributed by atoms with van der Waals surface area (Å²) in [6, 6.07) is 6.82. The summed E-state index contributed by atoms with van der Waals surface area (Å²) in [5, 5.41) is 3.53. The van der Waals surface area contributed by atoms with Crippen LogP contribution in [-0.2, 0) is 16.0 Å². The Morgan fingerprint density at radius 1 is 1.42 bits per heavy atom. The third-order valence-electron chi connectivity index (χ3n) is 4.15. The van der Waals surface area contributed by atoms with Crippen molar-refractivity contribution in [1.82, 2.24) is 0 Å². The van der Waals surface area contributed by atoms with Gasteiger partial charge in [0.25, 0.3) is 0 Å². The minimum atomic E-state index is 0.126. The van der Waals surface area contributed by atoms with Gasteiger partial charge in [0.15, 0.2) is 0 Å². The highest BCUT2D eigenvalue weighted by atomic mass is 16.5. The van der Waals surface area contributed by atoms with Gasteiger partial charge in [-0.05, 0) is 43.0 Å². The zero-order valence-electron chi connectivity index (χ0n) is 11.5. The van der Waals surface area contributed by atoms with Crippen LogP contribution >= 0.6 is 0 Å². The number of carbonyl (C=O) groups excluding carboxylic acids is 1. The predicted molar refractivity (Wildman–Crippen MR) is 75.6 cm³/mol. The number of hydrogen-bond acceptors (Lipinski definition) is 3. The molecule has 19 heavy (non-hydrogen) atoms. The Kier molecular flexibility index (Phi) is 3.19. The molecule has 3 rings (SSSR count). The Hall–Kier alpha value is -1.55. The lowest BCUT2D eigenvalue weighted by Gasteiger charge is -2.35. The van der Waals surface area contributed by atoms with Crippen molar-refractivity contribution >= 4 is 17.3 Å². The molecule has 4 nitrogen and oxygen atoms in total. The first-order valence-electron chi connectivity index (χ1n) is 6.87. The van der Waals surface area contributed by atoms with E-state index in [9.17, 15) is 4.79 Å². The average molecular weight is 260 g/mol. The fraction of sp³-hybridized carbons (Fsp3) is 0.533. The van der Waals surface area contributed by atoms with E-state index >= 15 is 0 Å². The molecule has 0 atom stereocenters. The van der Waals surface area contributed by atoms with Crippen molar-refractivity contribution in [3.63, 3.8) is 0 Å². The van der Waals surface area contributed by atoms with Crippen LogP contribution in [-0.4, -0.2) is 31.7 Å². The first-order valence-corrected chi connectivity index (χ1v) is 6.87. The van der Waals surface area contributed by atoms with Crippen molar-refractivity contribution in [1.29, 1.82) is 0 Å². The van der Waals surface area contributed by atoms with Crippen molar-refractivity contribution in [2.75, 3.05) is 23.9 Å². The number of methoxy groups -OCH3 is 1. The van der Waals surface area contributed by atoms with Crippen LogP contribution in [0.15, 0.2) is 18.2 Å². The molecule has 1 heterocycles. The lowest BCUT2D eigenvalue weighted by molar-refractivity contribution is -0.116. The highest BCUT2D eigenvalue weighted by molar-refractivity contribution is 5.94. The lowest BCUT2D eigenvalue weighted by atomic mass is 9.89. The Labute approximate surface area is 113 Å². The molecule has 102 valence electrons. The van der Waals surface area contributed by atoms with Crippen LogP contribution in [0.25, 0.3) is 0 Å². The van der Waals surface area contributed by atoms with E-state index < -0.39 is 0 Å². The number of nitrogens with zero attached hydrogens (tertiary/aromatic N) is 1. The molecule has 1 saturated carbocycles. The lowest BCUT2D eigenvalue weighted by Crippen LogP contribution is -2.40. The molecule has 0 radical (unpaired) electrons. The Morgan fingerprint density at radius 2 is 2.21 bits per heavy atom. The third-order valence-corrected chi connectivity index (χ3v) is 4.15. The van der Waals surface area contributed by atoms with Crippen LogP contribution in [0.2, 0.25) is 0 Å². The van der Waals surface area contributed by atoms with Gasteiger partial charge in [-0.2, -0.15) is 0 Å². The zero-order chi connectivity index (χ0) is 13.4. The maximum absolute atomic E-state index is 11.5. The normalized spacial score (nSPS) is 24.8. The number of ether oxygens (including phenoxy) is 1. The van der Waals surface area contributed by atoms with Crippen LogP contribution in [0.4, 0.5) is 11.4 Å². The summed E-state index contributed by atoms with van der Waals surface area (Å²) < 4.78 is 5.28. The minimum absolute atomic E-state index is 0.126. The summed E-state index contributed by atoms with van der Waals surface area (Å²) in [5.41, 5.74) is 3.49. The second-order valence-corrected chi connectivity index (χ2v) is 5.43. The van der Waals surface area contributed by atoms with E-state index in [1.807, 2.05) is 4.90 Å². The van der Waals surface area contributed by atoms with E-state index in [1.165, 1.54) is 5.56 Å². The number of hydrogen-bond donors (Lipinski definition) is 1. The largest absolute Gasteiger partial charge is 0.382 e. The second-order valence-electron chi connectivity index (χ2n) is 5.43. The highest BCUT2D eigenvalue weighted by Gasteiger charge is 2.29. The number of benzene rings is 1. The highest BCUT2D eigenvalue weighted by Crippen LogP contribution is 2.32. The summed E-state index contributed by atoms with van der Waals surface area (Å²) in [4.78, 5) is 13.3.